The molecule has 0 radical (unpaired) electrons. The summed E-state index contributed by atoms with van der Waals surface area (Å²) in [6.07, 6.45) is 6.30. The molecule has 0 aliphatic heterocycles. The van der Waals surface area contributed by atoms with E-state index >= 15 is 0 Å². The Bertz CT molecular complexity index is 957. The third-order valence-corrected chi connectivity index (χ3v) is 5.87. The summed E-state index contributed by atoms with van der Waals surface area (Å²) in [4.78, 5) is 40.1. The molecule has 0 bridgehead atoms. The van der Waals surface area contributed by atoms with E-state index in [4.69, 9.17) is 0 Å². The second kappa shape index (κ2) is 9.01. The Hall–Kier alpha value is -2.65. The molecular weight excluding hydrogens is 396 g/mol. The Labute approximate surface area is 172 Å². The minimum absolute atomic E-state index is 0.0164. The minimum Gasteiger partial charge on any atom is -0.346 e. The molecule has 1 atom stereocenters. The van der Waals surface area contributed by atoms with Gasteiger partial charge in [0.2, 0.25) is 11.8 Å². The lowest BCUT2D eigenvalue weighted by molar-refractivity contribution is -0.131. The lowest BCUT2D eigenvalue weighted by Crippen LogP contribution is -2.42. The van der Waals surface area contributed by atoms with Gasteiger partial charge in [0.05, 0.1) is 24.6 Å². The number of ketones is 1. The molecule has 2 aliphatic rings. The molecule has 1 amide bonds. The molecule has 2 aliphatic carbocycles. The highest BCUT2D eigenvalue weighted by atomic mass is 19.3. The van der Waals surface area contributed by atoms with E-state index in [9.17, 15) is 23.2 Å². The number of rotatable bonds is 4. The van der Waals surface area contributed by atoms with Crippen LogP contribution in [0.5, 0.6) is 0 Å². The van der Waals surface area contributed by atoms with Crippen LogP contribution >= 0.6 is 0 Å². The highest BCUT2D eigenvalue weighted by Crippen LogP contribution is 2.38. The zero-order valence-electron chi connectivity index (χ0n) is 17.2. The SMILES string of the molecule is CC(=O)C(C)NC(=O)C1CCC1.O=c1[nH]cnc2c1cnn2C1CCC(F)(F)CC1. The fraction of sp³-hybridized carbons (Fsp3) is 0.650. The van der Waals surface area contributed by atoms with Crippen molar-refractivity contribution in [2.75, 3.05) is 0 Å². The number of aromatic nitrogens is 4. The van der Waals surface area contributed by atoms with E-state index in [2.05, 4.69) is 20.4 Å². The normalized spacial score (nSPS) is 20.0. The first-order valence-corrected chi connectivity index (χ1v) is 10.3. The maximum atomic E-state index is 13.1. The van der Waals surface area contributed by atoms with Crippen molar-refractivity contribution in [3.05, 3.63) is 22.9 Å². The van der Waals surface area contributed by atoms with E-state index in [1.807, 2.05) is 0 Å². The molecule has 30 heavy (non-hydrogen) atoms. The lowest BCUT2D eigenvalue weighted by Gasteiger charge is -2.28. The smallest absolute Gasteiger partial charge is 0.261 e. The topological polar surface area (TPSA) is 110 Å². The first kappa shape index (κ1) is 22.0. The van der Waals surface area contributed by atoms with Gasteiger partial charge in [0.15, 0.2) is 11.4 Å². The highest BCUT2D eigenvalue weighted by Gasteiger charge is 2.36. The summed E-state index contributed by atoms with van der Waals surface area (Å²) in [5, 5.41) is 7.21. The Morgan fingerprint density at radius 1 is 1.27 bits per heavy atom. The standard InChI is InChI=1S/C11H12F2N4O.C9H15NO2/c12-11(13)3-1-7(2-4-11)17-9-8(5-16-17)10(18)15-6-14-9;1-6(7(2)11)10-9(12)8-4-3-5-8/h5-7H,1-4H2,(H,14,15,18);6,8H,3-5H2,1-2H3,(H,10,12). The van der Waals surface area contributed by atoms with Gasteiger partial charge in [0.25, 0.3) is 5.56 Å². The summed E-state index contributed by atoms with van der Waals surface area (Å²) in [7, 11) is 0. The summed E-state index contributed by atoms with van der Waals surface area (Å²) < 4.78 is 27.8. The molecule has 2 heterocycles. The molecule has 2 saturated carbocycles. The van der Waals surface area contributed by atoms with Gasteiger partial charge in [-0.25, -0.2) is 18.4 Å². The number of amides is 1. The van der Waals surface area contributed by atoms with Crippen LogP contribution in [0.1, 0.15) is 64.8 Å². The maximum Gasteiger partial charge on any atom is 0.261 e. The third-order valence-electron chi connectivity index (χ3n) is 5.87. The number of hydrogen-bond acceptors (Lipinski definition) is 5. The van der Waals surface area contributed by atoms with E-state index < -0.39 is 5.92 Å². The van der Waals surface area contributed by atoms with Gasteiger partial charge in [-0.3, -0.25) is 14.4 Å². The van der Waals surface area contributed by atoms with Gasteiger partial charge in [-0.1, -0.05) is 6.42 Å². The lowest BCUT2D eigenvalue weighted by atomic mass is 9.84. The van der Waals surface area contributed by atoms with Crippen molar-refractivity contribution in [1.29, 1.82) is 0 Å². The second-order valence-corrected chi connectivity index (χ2v) is 8.11. The van der Waals surface area contributed by atoms with E-state index in [1.54, 1.807) is 11.6 Å². The minimum atomic E-state index is -2.57. The Morgan fingerprint density at radius 2 is 1.93 bits per heavy atom. The zero-order valence-corrected chi connectivity index (χ0v) is 17.2. The van der Waals surface area contributed by atoms with Crippen LogP contribution in [0.3, 0.4) is 0 Å². The summed E-state index contributed by atoms with van der Waals surface area (Å²) >= 11 is 0. The molecular formula is C20H27F2N5O3. The molecule has 0 spiro atoms. The van der Waals surface area contributed by atoms with Crippen LogP contribution < -0.4 is 10.9 Å². The van der Waals surface area contributed by atoms with Crippen LogP contribution in [-0.4, -0.2) is 43.4 Å². The maximum absolute atomic E-state index is 13.1. The Balaban J connectivity index is 0.000000187. The summed E-state index contributed by atoms with van der Waals surface area (Å²) in [6.45, 7) is 3.21. The second-order valence-electron chi connectivity index (χ2n) is 8.11. The number of Topliss-reactive ketones (excluding diaryl/α,β-unsaturated/α-hetero) is 1. The average Bonchev–Trinajstić information content (AvgIpc) is 3.06. The number of aromatic amines is 1. The number of hydrogen-bond donors (Lipinski definition) is 2. The molecule has 2 N–H and O–H groups in total. The highest BCUT2D eigenvalue weighted by molar-refractivity contribution is 5.88. The van der Waals surface area contributed by atoms with Crippen molar-refractivity contribution >= 4 is 22.7 Å². The number of carbonyl (C=O) groups excluding carboxylic acids is 2. The van der Waals surface area contributed by atoms with Gasteiger partial charge in [-0.2, -0.15) is 5.10 Å². The molecule has 0 aromatic carbocycles. The Morgan fingerprint density at radius 3 is 2.50 bits per heavy atom. The molecule has 164 valence electrons. The molecule has 2 aromatic rings. The number of fused-ring (bicyclic) bond motifs is 1. The first-order valence-electron chi connectivity index (χ1n) is 10.3. The largest absolute Gasteiger partial charge is 0.346 e. The summed E-state index contributed by atoms with van der Waals surface area (Å²) in [5.74, 6) is -2.33. The van der Waals surface area contributed by atoms with Crippen LogP contribution in [0.4, 0.5) is 8.78 Å². The van der Waals surface area contributed by atoms with Crippen LogP contribution in [-0.2, 0) is 9.59 Å². The van der Waals surface area contributed by atoms with Crippen molar-refractivity contribution < 1.29 is 18.4 Å². The van der Waals surface area contributed by atoms with Gasteiger partial charge < -0.3 is 10.3 Å². The molecule has 1 unspecified atom stereocenters. The van der Waals surface area contributed by atoms with E-state index in [1.165, 1.54) is 19.4 Å². The number of carbonyl (C=O) groups is 2. The third kappa shape index (κ3) is 5.09. The van der Waals surface area contributed by atoms with Gasteiger partial charge in [0.1, 0.15) is 5.39 Å². The van der Waals surface area contributed by atoms with Crippen LogP contribution in [0.25, 0.3) is 11.0 Å². The quantitative estimate of drug-likeness (QED) is 0.786. The van der Waals surface area contributed by atoms with Gasteiger partial charge in [-0.15, -0.1) is 0 Å². The molecule has 2 fully saturated rings. The first-order chi connectivity index (χ1) is 14.2. The number of H-pyrrole nitrogens is 1. The Kier molecular flexibility index (Phi) is 6.62. The molecule has 8 nitrogen and oxygen atoms in total. The van der Waals surface area contributed by atoms with Crippen molar-refractivity contribution in [3.8, 4) is 0 Å². The fourth-order valence-corrected chi connectivity index (χ4v) is 3.51. The summed E-state index contributed by atoms with van der Waals surface area (Å²) in [6, 6.07) is -0.422. The average molecular weight is 423 g/mol. The molecule has 4 rings (SSSR count). The van der Waals surface area contributed by atoms with E-state index in [0.29, 0.717) is 23.9 Å². The van der Waals surface area contributed by atoms with Gasteiger partial charge >= 0.3 is 0 Å². The van der Waals surface area contributed by atoms with Crippen LogP contribution in [0.15, 0.2) is 17.3 Å². The fourth-order valence-electron chi connectivity index (χ4n) is 3.51. The molecule has 10 heteroatoms. The van der Waals surface area contributed by atoms with Crippen molar-refractivity contribution in [2.24, 2.45) is 5.92 Å². The number of nitrogens with one attached hydrogen (secondary N) is 2. The van der Waals surface area contributed by atoms with E-state index in [-0.39, 0.29) is 48.1 Å². The number of alkyl halides is 2. The van der Waals surface area contributed by atoms with E-state index in [0.717, 1.165) is 19.3 Å². The number of halogens is 2. The zero-order chi connectivity index (χ0) is 21.9. The monoisotopic (exact) mass is 423 g/mol. The summed E-state index contributed by atoms with van der Waals surface area (Å²) in [5.41, 5.74) is 0.210. The van der Waals surface area contributed by atoms with Gasteiger partial charge in [0, 0.05) is 18.8 Å². The number of nitrogens with zero attached hydrogens (tertiary/aromatic N) is 3. The van der Waals surface area contributed by atoms with Gasteiger partial charge in [-0.05, 0) is 39.5 Å². The van der Waals surface area contributed by atoms with Crippen LogP contribution in [0, 0.1) is 5.92 Å². The molecule has 0 saturated heterocycles. The van der Waals surface area contributed by atoms with Crippen molar-refractivity contribution in [3.63, 3.8) is 0 Å². The predicted octanol–water partition coefficient (Wildman–Crippen LogP) is 2.75. The van der Waals surface area contributed by atoms with Crippen molar-refractivity contribution in [2.45, 2.75) is 76.8 Å². The predicted molar refractivity (Wildman–Crippen MR) is 106 cm³/mol. The molecule has 2 aromatic heterocycles. The van der Waals surface area contributed by atoms with Crippen LogP contribution in [0.2, 0.25) is 0 Å². The van der Waals surface area contributed by atoms with Crippen molar-refractivity contribution in [1.82, 2.24) is 25.1 Å².